The highest BCUT2D eigenvalue weighted by Gasteiger charge is 2.47. The van der Waals surface area contributed by atoms with E-state index in [1.54, 1.807) is 49.6 Å². The number of benzene rings is 3. The number of Topliss-reactive ketones (excluding diaryl/α,β-unsaturated/α-hetero) is 1. The van der Waals surface area contributed by atoms with Crippen LogP contribution in [-0.2, 0) is 16.0 Å². The SMILES string of the molecule is CCCOc1cccc(N2C(=O)C(=O)/C(=C(/O)c3ccc(OC)cc3)C2c2ccc(CC)cc2)c1. The van der Waals surface area contributed by atoms with Gasteiger partial charge in [-0.2, -0.15) is 0 Å². The van der Waals surface area contributed by atoms with Crippen LogP contribution in [0.3, 0.4) is 0 Å². The van der Waals surface area contributed by atoms with Gasteiger partial charge in [0.05, 0.1) is 25.3 Å². The Morgan fingerprint density at radius 1 is 0.943 bits per heavy atom. The number of amides is 1. The van der Waals surface area contributed by atoms with Gasteiger partial charge in [-0.05, 0) is 60.4 Å². The summed E-state index contributed by atoms with van der Waals surface area (Å²) in [5, 5.41) is 11.3. The van der Waals surface area contributed by atoms with Gasteiger partial charge in [-0.3, -0.25) is 14.5 Å². The van der Waals surface area contributed by atoms with E-state index in [1.165, 1.54) is 4.90 Å². The first-order valence-corrected chi connectivity index (χ1v) is 11.8. The molecule has 0 radical (unpaired) electrons. The largest absolute Gasteiger partial charge is 0.507 e. The average Bonchev–Trinajstić information content (AvgIpc) is 3.17. The Hall–Kier alpha value is -4.06. The molecule has 1 amide bonds. The number of carbonyl (C=O) groups is 2. The highest BCUT2D eigenvalue weighted by Crippen LogP contribution is 2.43. The maximum absolute atomic E-state index is 13.4. The van der Waals surface area contributed by atoms with Crippen molar-refractivity contribution in [3.05, 3.63) is 95.1 Å². The van der Waals surface area contributed by atoms with Crippen LogP contribution in [0.2, 0.25) is 0 Å². The molecule has 1 unspecified atom stereocenters. The Kier molecular flexibility index (Phi) is 7.20. The summed E-state index contributed by atoms with van der Waals surface area (Å²) in [7, 11) is 1.55. The van der Waals surface area contributed by atoms with Gasteiger partial charge in [-0.25, -0.2) is 0 Å². The van der Waals surface area contributed by atoms with Crippen LogP contribution in [0.4, 0.5) is 5.69 Å². The van der Waals surface area contributed by atoms with Crippen molar-refractivity contribution < 1.29 is 24.2 Å². The van der Waals surface area contributed by atoms with Gasteiger partial charge in [0.15, 0.2) is 0 Å². The number of aliphatic hydroxyl groups is 1. The summed E-state index contributed by atoms with van der Waals surface area (Å²) in [6.07, 6.45) is 1.71. The second-order valence-electron chi connectivity index (χ2n) is 8.34. The van der Waals surface area contributed by atoms with Crippen molar-refractivity contribution in [3.8, 4) is 11.5 Å². The molecule has 0 saturated carbocycles. The zero-order chi connectivity index (χ0) is 24.9. The molecule has 1 heterocycles. The summed E-state index contributed by atoms with van der Waals surface area (Å²) in [6, 6.07) is 20.8. The predicted octanol–water partition coefficient (Wildman–Crippen LogP) is 5.67. The molecular weight excluding hydrogens is 442 g/mol. The van der Waals surface area contributed by atoms with Crippen molar-refractivity contribution in [2.75, 3.05) is 18.6 Å². The fraction of sp³-hybridized carbons (Fsp3) is 0.241. The summed E-state index contributed by atoms with van der Waals surface area (Å²) in [4.78, 5) is 28.1. The van der Waals surface area contributed by atoms with Crippen LogP contribution in [0.15, 0.2) is 78.4 Å². The predicted molar refractivity (Wildman–Crippen MR) is 136 cm³/mol. The third-order valence-electron chi connectivity index (χ3n) is 6.08. The van der Waals surface area contributed by atoms with Crippen molar-refractivity contribution in [1.29, 1.82) is 0 Å². The fourth-order valence-corrected chi connectivity index (χ4v) is 4.20. The number of carbonyl (C=O) groups excluding carboxylic acids is 2. The van der Waals surface area contributed by atoms with Crippen LogP contribution in [0, 0.1) is 0 Å². The number of ether oxygens (including phenoxy) is 2. The normalized spacial score (nSPS) is 17.0. The zero-order valence-corrected chi connectivity index (χ0v) is 20.2. The van der Waals surface area contributed by atoms with Gasteiger partial charge in [0.2, 0.25) is 0 Å². The summed E-state index contributed by atoms with van der Waals surface area (Å²) >= 11 is 0. The van der Waals surface area contributed by atoms with Gasteiger partial charge in [-0.15, -0.1) is 0 Å². The molecule has 1 aliphatic heterocycles. The number of ketones is 1. The van der Waals surface area contributed by atoms with Gasteiger partial charge < -0.3 is 14.6 Å². The Morgan fingerprint density at radius 2 is 1.66 bits per heavy atom. The quantitative estimate of drug-likeness (QED) is 0.260. The molecule has 0 aromatic heterocycles. The van der Waals surface area contributed by atoms with Crippen LogP contribution in [-0.4, -0.2) is 30.5 Å². The van der Waals surface area contributed by atoms with Gasteiger partial charge in [0, 0.05) is 17.3 Å². The van der Waals surface area contributed by atoms with Crippen LogP contribution in [0.1, 0.15) is 43.0 Å². The first-order valence-electron chi connectivity index (χ1n) is 11.8. The van der Waals surface area contributed by atoms with E-state index in [2.05, 4.69) is 6.92 Å². The molecule has 180 valence electrons. The molecule has 0 spiro atoms. The van der Waals surface area contributed by atoms with Crippen LogP contribution in [0.5, 0.6) is 11.5 Å². The standard InChI is InChI=1S/C29H29NO5/c1-4-17-35-24-8-6-7-22(18-24)30-26(20-11-9-19(5-2)10-12-20)25(28(32)29(30)33)27(31)21-13-15-23(34-3)16-14-21/h6-16,18,26,31H,4-5,17H2,1-3H3/b27-25+. The van der Waals surface area contributed by atoms with Crippen LogP contribution < -0.4 is 14.4 Å². The van der Waals surface area contributed by atoms with Crippen molar-refractivity contribution in [2.45, 2.75) is 32.7 Å². The third kappa shape index (κ3) is 4.78. The minimum atomic E-state index is -0.788. The maximum Gasteiger partial charge on any atom is 0.300 e. The third-order valence-corrected chi connectivity index (χ3v) is 6.08. The maximum atomic E-state index is 13.4. The lowest BCUT2D eigenvalue weighted by atomic mass is 9.94. The van der Waals surface area contributed by atoms with E-state index in [4.69, 9.17) is 9.47 Å². The van der Waals surface area contributed by atoms with E-state index in [-0.39, 0.29) is 11.3 Å². The molecule has 1 N–H and O–H groups in total. The number of aryl methyl sites for hydroxylation is 1. The van der Waals surface area contributed by atoms with E-state index in [0.717, 1.165) is 24.0 Å². The summed E-state index contributed by atoms with van der Waals surface area (Å²) in [5.74, 6) is -0.421. The van der Waals surface area contributed by atoms with Gasteiger partial charge in [0.25, 0.3) is 11.7 Å². The van der Waals surface area contributed by atoms with E-state index >= 15 is 0 Å². The van der Waals surface area contributed by atoms with Gasteiger partial charge in [0.1, 0.15) is 17.3 Å². The first kappa shape index (κ1) is 24.1. The summed E-state index contributed by atoms with van der Waals surface area (Å²) in [6.45, 7) is 4.62. The molecule has 6 heteroatoms. The van der Waals surface area contributed by atoms with Crippen molar-refractivity contribution >= 4 is 23.1 Å². The minimum absolute atomic E-state index is 0.0456. The molecule has 4 rings (SSSR count). The number of aliphatic hydroxyl groups excluding tert-OH is 1. The summed E-state index contributed by atoms with van der Waals surface area (Å²) in [5.41, 5.74) is 2.87. The topological polar surface area (TPSA) is 76.1 Å². The highest BCUT2D eigenvalue weighted by atomic mass is 16.5. The number of methoxy groups -OCH3 is 1. The molecule has 1 fully saturated rings. The fourth-order valence-electron chi connectivity index (χ4n) is 4.20. The molecular formula is C29H29NO5. The minimum Gasteiger partial charge on any atom is -0.507 e. The summed E-state index contributed by atoms with van der Waals surface area (Å²) < 4.78 is 11.0. The lowest BCUT2D eigenvalue weighted by molar-refractivity contribution is -0.132. The van der Waals surface area contributed by atoms with E-state index in [0.29, 0.717) is 29.4 Å². The van der Waals surface area contributed by atoms with Crippen molar-refractivity contribution in [1.82, 2.24) is 0 Å². The zero-order valence-electron chi connectivity index (χ0n) is 20.2. The number of hydrogen-bond acceptors (Lipinski definition) is 5. The number of hydrogen-bond donors (Lipinski definition) is 1. The van der Waals surface area contributed by atoms with Crippen molar-refractivity contribution in [2.24, 2.45) is 0 Å². The molecule has 1 atom stereocenters. The van der Waals surface area contributed by atoms with Crippen LogP contribution >= 0.6 is 0 Å². The number of rotatable bonds is 8. The molecule has 35 heavy (non-hydrogen) atoms. The van der Waals surface area contributed by atoms with E-state index in [9.17, 15) is 14.7 Å². The average molecular weight is 472 g/mol. The number of nitrogens with zero attached hydrogens (tertiary/aromatic N) is 1. The number of anilines is 1. The van der Waals surface area contributed by atoms with E-state index in [1.807, 2.05) is 37.3 Å². The van der Waals surface area contributed by atoms with Gasteiger partial charge >= 0.3 is 0 Å². The molecule has 6 nitrogen and oxygen atoms in total. The van der Waals surface area contributed by atoms with Crippen LogP contribution in [0.25, 0.3) is 5.76 Å². The van der Waals surface area contributed by atoms with E-state index < -0.39 is 17.7 Å². The van der Waals surface area contributed by atoms with Gasteiger partial charge in [-0.1, -0.05) is 44.2 Å². The van der Waals surface area contributed by atoms with Crippen molar-refractivity contribution in [3.63, 3.8) is 0 Å². The lowest BCUT2D eigenvalue weighted by Gasteiger charge is -2.26. The highest BCUT2D eigenvalue weighted by molar-refractivity contribution is 6.51. The first-order chi connectivity index (χ1) is 17.0. The molecule has 3 aromatic rings. The Morgan fingerprint density at radius 3 is 2.29 bits per heavy atom. The smallest absolute Gasteiger partial charge is 0.300 e. The molecule has 3 aromatic carbocycles. The lowest BCUT2D eigenvalue weighted by Crippen LogP contribution is -2.29. The molecule has 1 aliphatic rings. The second-order valence-corrected chi connectivity index (χ2v) is 8.34. The second kappa shape index (κ2) is 10.5. The Balaban J connectivity index is 1.87. The monoisotopic (exact) mass is 471 g/mol. The Bertz CT molecular complexity index is 1240. The Labute approximate surface area is 205 Å². The molecule has 0 aliphatic carbocycles. The molecule has 0 bridgehead atoms. The molecule has 1 saturated heterocycles.